The molecule has 0 radical (unpaired) electrons. The number of hydrogen-bond acceptors (Lipinski definition) is 4. The minimum Gasteiger partial charge on any atom is -0.481 e. The predicted molar refractivity (Wildman–Crippen MR) is 89.3 cm³/mol. The lowest BCUT2D eigenvalue weighted by Gasteiger charge is -2.21. The zero-order chi connectivity index (χ0) is 14.5. The van der Waals surface area contributed by atoms with Crippen LogP contribution >= 0.6 is 24.2 Å². The number of nitrogens with zero attached hydrogens (tertiary/aromatic N) is 1. The number of likely N-dealkylation sites (tertiary alicyclic amines) is 1. The van der Waals surface area contributed by atoms with Crippen molar-refractivity contribution in [3.8, 4) is 5.75 Å². The van der Waals surface area contributed by atoms with Gasteiger partial charge in [0.2, 0.25) is 0 Å². The van der Waals surface area contributed by atoms with Gasteiger partial charge in [-0.2, -0.15) is 0 Å². The lowest BCUT2D eigenvalue weighted by atomic mass is 10.1. The fourth-order valence-electron chi connectivity index (χ4n) is 2.39. The van der Waals surface area contributed by atoms with Gasteiger partial charge in [0, 0.05) is 18.0 Å². The molecule has 1 aromatic rings. The Morgan fingerprint density at radius 1 is 1.48 bits per heavy atom. The third kappa shape index (κ3) is 4.80. The van der Waals surface area contributed by atoms with Crippen molar-refractivity contribution in [2.45, 2.75) is 24.3 Å². The summed E-state index contributed by atoms with van der Waals surface area (Å²) in [6, 6.07) is 7.81. The highest BCUT2D eigenvalue weighted by molar-refractivity contribution is 7.98. The number of halogens is 1. The smallest absolute Gasteiger partial charge is 0.263 e. The lowest BCUT2D eigenvalue weighted by molar-refractivity contribution is -0.136. The summed E-state index contributed by atoms with van der Waals surface area (Å²) in [5.41, 5.74) is 5.65. The number of thioether (sulfide) groups is 1. The summed E-state index contributed by atoms with van der Waals surface area (Å²) in [6.07, 6.45) is 2.58. The fraction of sp³-hybridized carbons (Fsp3) is 0.533. The van der Waals surface area contributed by atoms with Gasteiger partial charge in [-0.25, -0.2) is 0 Å². The van der Waals surface area contributed by atoms with E-state index in [1.165, 1.54) is 4.90 Å². The summed E-state index contributed by atoms with van der Waals surface area (Å²) >= 11 is 1.68. The lowest BCUT2D eigenvalue weighted by Crippen LogP contribution is -2.39. The standard InChI is InChI=1S/C15H22N2O2S.ClH/c1-11(15(18)17-8-7-12(9-16)10-17)19-13-3-5-14(20-2)6-4-13;/h3-6,11-12H,7-10,16H2,1-2H3;1H. The quantitative estimate of drug-likeness (QED) is 0.842. The first-order chi connectivity index (χ1) is 9.63. The Labute approximate surface area is 136 Å². The van der Waals surface area contributed by atoms with Gasteiger partial charge in [-0.3, -0.25) is 4.79 Å². The molecule has 2 unspecified atom stereocenters. The minimum absolute atomic E-state index is 0. The average Bonchev–Trinajstić information content (AvgIpc) is 2.96. The van der Waals surface area contributed by atoms with E-state index in [9.17, 15) is 4.79 Å². The second-order valence-corrected chi connectivity index (χ2v) is 5.99. The van der Waals surface area contributed by atoms with E-state index in [2.05, 4.69) is 0 Å². The maximum atomic E-state index is 12.3. The van der Waals surface area contributed by atoms with Crippen LogP contribution in [0.5, 0.6) is 5.75 Å². The van der Waals surface area contributed by atoms with Crippen molar-refractivity contribution in [3.63, 3.8) is 0 Å². The third-order valence-corrected chi connectivity index (χ3v) is 4.39. The highest BCUT2D eigenvalue weighted by Crippen LogP contribution is 2.21. The highest BCUT2D eigenvalue weighted by Gasteiger charge is 2.29. The molecule has 21 heavy (non-hydrogen) atoms. The van der Waals surface area contributed by atoms with Gasteiger partial charge in [0.15, 0.2) is 6.10 Å². The summed E-state index contributed by atoms with van der Waals surface area (Å²) in [7, 11) is 0. The summed E-state index contributed by atoms with van der Waals surface area (Å²) < 4.78 is 5.73. The Morgan fingerprint density at radius 2 is 2.14 bits per heavy atom. The first-order valence-electron chi connectivity index (χ1n) is 6.93. The molecule has 2 N–H and O–H groups in total. The van der Waals surface area contributed by atoms with Gasteiger partial charge in [-0.05, 0) is 56.3 Å². The summed E-state index contributed by atoms with van der Waals surface area (Å²) in [6.45, 7) is 4.00. The van der Waals surface area contributed by atoms with Crippen molar-refractivity contribution >= 4 is 30.1 Å². The molecular formula is C15H23ClN2O2S. The topological polar surface area (TPSA) is 55.6 Å². The number of rotatable bonds is 5. The monoisotopic (exact) mass is 330 g/mol. The van der Waals surface area contributed by atoms with E-state index in [1.54, 1.807) is 18.7 Å². The van der Waals surface area contributed by atoms with Gasteiger partial charge in [0.05, 0.1) is 0 Å². The van der Waals surface area contributed by atoms with E-state index < -0.39 is 6.10 Å². The van der Waals surface area contributed by atoms with Crippen LogP contribution in [0.15, 0.2) is 29.2 Å². The van der Waals surface area contributed by atoms with Crippen LogP contribution in [-0.2, 0) is 4.79 Å². The Balaban J connectivity index is 0.00000220. The van der Waals surface area contributed by atoms with Crippen molar-refractivity contribution in [1.82, 2.24) is 4.90 Å². The SMILES string of the molecule is CSc1ccc(OC(C)C(=O)N2CCC(CN)C2)cc1.Cl. The van der Waals surface area contributed by atoms with Gasteiger partial charge >= 0.3 is 0 Å². The van der Waals surface area contributed by atoms with Crippen LogP contribution < -0.4 is 10.5 Å². The molecule has 0 aliphatic carbocycles. The number of carbonyl (C=O) groups is 1. The molecule has 0 spiro atoms. The van der Waals surface area contributed by atoms with Crippen LogP contribution in [0, 0.1) is 5.92 Å². The second-order valence-electron chi connectivity index (χ2n) is 5.11. The van der Waals surface area contributed by atoms with Crippen molar-refractivity contribution in [1.29, 1.82) is 0 Å². The maximum absolute atomic E-state index is 12.3. The van der Waals surface area contributed by atoms with Crippen LogP contribution in [0.2, 0.25) is 0 Å². The molecule has 0 aromatic heterocycles. The van der Waals surface area contributed by atoms with Crippen LogP contribution in [0.3, 0.4) is 0 Å². The number of amides is 1. The van der Waals surface area contributed by atoms with Crippen LogP contribution in [0.1, 0.15) is 13.3 Å². The average molecular weight is 331 g/mol. The van der Waals surface area contributed by atoms with Gasteiger partial charge in [-0.1, -0.05) is 0 Å². The molecule has 1 heterocycles. The maximum Gasteiger partial charge on any atom is 0.263 e. The molecule has 1 aliphatic rings. The predicted octanol–water partition coefficient (Wildman–Crippen LogP) is 2.40. The Bertz CT molecular complexity index is 455. The number of benzene rings is 1. The number of hydrogen-bond donors (Lipinski definition) is 1. The molecule has 6 heteroatoms. The first kappa shape index (κ1) is 18.1. The molecule has 1 fully saturated rings. The molecule has 1 saturated heterocycles. The molecule has 2 atom stereocenters. The molecule has 118 valence electrons. The molecule has 2 rings (SSSR count). The van der Waals surface area contributed by atoms with Gasteiger partial charge in [0.1, 0.15) is 5.75 Å². The largest absolute Gasteiger partial charge is 0.481 e. The van der Waals surface area contributed by atoms with Crippen molar-refractivity contribution in [2.75, 3.05) is 25.9 Å². The van der Waals surface area contributed by atoms with Crippen molar-refractivity contribution in [2.24, 2.45) is 11.7 Å². The highest BCUT2D eigenvalue weighted by atomic mass is 35.5. The van der Waals surface area contributed by atoms with Gasteiger partial charge in [0.25, 0.3) is 5.91 Å². The van der Waals surface area contributed by atoms with Crippen LogP contribution in [0.25, 0.3) is 0 Å². The second kappa shape index (κ2) is 8.51. The molecule has 1 aliphatic heterocycles. The third-order valence-electron chi connectivity index (χ3n) is 3.65. The minimum atomic E-state index is -0.452. The van der Waals surface area contributed by atoms with E-state index in [4.69, 9.17) is 10.5 Å². The number of nitrogens with two attached hydrogens (primary N) is 1. The molecular weight excluding hydrogens is 308 g/mol. The zero-order valence-corrected chi connectivity index (χ0v) is 14.1. The molecule has 4 nitrogen and oxygen atoms in total. The summed E-state index contributed by atoms with van der Waals surface area (Å²) in [4.78, 5) is 15.3. The van der Waals surface area contributed by atoms with E-state index in [1.807, 2.05) is 35.4 Å². The number of carbonyl (C=O) groups excluding carboxylic acids is 1. The van der Waals surface area contributed by atoms with E-state index in [-0.39, 0.29) is 18.3 Å². The molecule has 1 aromatic carbocycles. The van der Waals surface area contributed by atoms with Gasteiger partial charge in [-0.15, -0.1) is 24.2 Å². The van der Waals surface area contributed by atoms with Crippen molar-refractivity contribution < 1.29 is 9.53 Å². The van der Waals surface area contributed by atoms with Crippen molar-refractivity contribution in [3.05, 3.63) is 24.3 Å². The molecule has 0 bridgehead atoms. The van der Waals surface area contributed by atoms with Crippen LogP contribution in [0.4, 0.5) is 0 Å². The fourth-order valence-corrected chi connectivity index (χ4v) is 2.80. The van der Waals surface area contributed by atoms with E-state index in [0.717, 1.165) is 25.3 Å². The number of ether oxygens (including phenoxy) is 1. The first-order valence-corrected chi connectivity index (χ1v) is 8.16. The Kier molecular flexibility index (Phi) is 7.35. The van der Waals surface area contributed by atoms with E-state index in [0.29, 0.717) is 12.5 Å². The summed E-state index contributed by atoms with van der Waals surface area (Å²) in [5, 5.41) is 0. The van der Waals surface area contributed by atoms with Gasteiger partial charge < -0.3 is 15.4 Å². The summed E-state index contributed by atoms with van der Waals surface area (Å²) in [5.74, 6) is 1.22. The Hall–Kier alpha value is -0.910. The normalized spacial score (nSPS) is 19.0. The zero-order valence-electron chi connectivity index (χ0n) is 12.5. The molecule has 0 saturated carbocycles. The van der Waals surface area contributed by atoms with E-state index >= 15 is 0 Å². The molecule has 1 amide bonds. The van der Waals surface area contributed by atoms with Crippen LogP contribution in [-0.4, -0.2) is 42.8 Å². The Morgan fingerprint density at radius 3 is 2.67 bits per heavy atom.